The predicted octanol–water partition coefficient (Wildman–Crippen LogP) is 4.43. The van der Waals surface area contributed by atoms with Crippen molar-refractivity contribution in [2.75, 3.05) is 17.7 Å². The monoisotopic (exact) mass is 499 g/mol. The summed E-state index contributed by atoms with van der Waals surface area (Å²) in [6.45, 7) is 4.43. The number of oxazole rings is 1. The molecule has 4 rings (SSSR count). The van der Waals surface area contributed by atoms with Gasteiger partial charge < -0.3 is 25.1 Å². The number of hydrogen-bond donors (Lipinski definition) is 3. The minimum atomic E-state index is -0.766. The van der Waals surface area contributed by atoms with Gasteiger partial charge in [-0.25, -0.2) is 4.98 Å². The third-order valence-corrected chi connectivity index (χ3v) is 5.63. The Bertz CT molecular complexity index is 1340. The van der Waals surface area contributed by atoms with Crippen LogP contribution in [0.3, 0.4) is 0 Å². The molecule has 0 aliphatic carbocycles. The fourth-order valence-electron chi connectivity index (χ4n) is 3.88. The molecule has 0 saturated carbocycles. The van der Waals surface area contributed by atoms with Gasteiger partial charge in [0, 0.05) is 41.9 Å². The first-order valence-electron chi connectivity index (χ1n) is 11.7. The highest BCUT2D eigenvalue weighted by Gasteiger charge is 2.25. The van der Waals surface area contributed by atoms with Crippen LogP contribution in [0.25, 0.3) is 11.3 Å². The smallest absolute Gasteiger partial charge is 0.313 e. The number of carbonyl (C=O) groups excluding carboxylic acids is 2. The van der Waals surface area contributed by atoms with Crippen LogP contribution in [0.5, 0.6) is 5.75 Å². The molecule has 2 heterocycles. The minimum absolute atomic E-state index is 0.424. The third-order valence-electron chi connectivity index (χ3n) is 5.63. The van der Waals surface area contributed by atoms with Crippen molar-refractivity contribution in [3.8, 4) is 17.1 Å². The van der Waals surface area contributed by atoms with Crippen molar-refractivity contribution in [1.82, 2.24) is 15.3 Å². The SMILES string of the molecule is COc1cc(NC(=O)C(=O)NC(C)(C)Cc2ccc(NCc3cccnc3)cc2)ccc1-c1cnco1. The second kappa shape index (κ2) is 11.4. The van der Waals surface area contributed by atoms with Crippen LogP contribution in [0.15, 0.2) is 84.0 Å². The number of nitrogens with one attached hydrogen (secondary N) is 3. The Hall–Kier alpha value is -4.66. The number of rotatable bonds is 9. The Kier molecular flexibility index (Phi) is 7.83. The van der Waals surface area contributed by atoms with Gasteiger partial charge in [-0.05, 0) is 61.7 Å². The first-order valence-corrected chi connectivity index (χ1v) is 11.7. The first-order chi connectivity index (χ1) is 17.8. The van der Waals surface area contributed by atoms with Crippen molar-refractivity contribution in [2.24, 2.45) is 0 Å². The number of methoxy groups -OCH3 is 1. The van der Waals surface area contributed by atoms with Gasteiger partial charge in [-0.2, -0.15) is 0 Å². The van der Waals surface area contributed by atoms with Crippen LogP contribution >= 0.6 is 0 Å². The Morgan fingerprint density at radius 3 is 2.41 bits per heavy atom. The highest BCUT2D eigenvalue weighted by Crippen LogP contribution is 2.32. The van der Waals surface area contributed by atoms with Crippen LogP contribution in [0.2, 0.25) is 0 Å². The van der Waals surface area contributed by atoms with Crippen LogP contribution in [0.4, 0.5) is 11.4 Å². The van der Waals surface area contributed by atoms with Gasteiger partial charge in [0.05, 0.1) is 18.9 Å². The van der Waals surface area contributed by atoms with E-state index in [1.807, 2.05) is 56.4 Å². The second-order valence-corrected chi connectivity index (χ2v) is 9.16. The summed E-state index contributed by atoms with van der Waals surface area (Å²) in [4.78, 5) is 33.2. The quantitative estimate of drug-likeness (QED) is 0.292. The van der Waals surface area contributed by atoms with Crippen molar-refractivity contribution in [3.05, 3.63) is 90.7 Å². The molecule has 2 amide bonds. The summed E-state index contributed by atoms with van der Waals surface area (Å²) in [6.07, 6.45) is 7.02. The molecular weight excluding hydrogens is 470 g/mol. The summed E-state index contributed by atoms with van der Waals surface area (Å²) in [5.74, 6) is -0.476. The fraction of sp³-hybridized carbons (Fsp3) is 0.214. The molecule has 190 valence electrons. The second-order valence-electron chi connectivity index (χ2n) is 9.16. The predicted molar refractivity (Wildman–Crippen MR) is 141 cm³/mol. The highest BCUT2D eigenvalue weighted by atomic mass is 16.5. The first kappa shape index (κ1) is 25.4. The largest absolute Gasteiger partial charge is 0.496 e. The summed E-state index contributed by atoms with van der Waals surface area (Å²) in [7, 11) is 1.51. The highest BCUT2D eigenvalue weighted by molar-refractivity contribution is 6.39. The lowest BCUT2D eigenvalue weighted by Crippen LogP contribution is -2.49. The average Bonchev–Trinajstić information content (AvgIpc) is 3.43. The van der Waals surface area contributed by atoms with Crippen LogP contribution in [0.1, 0.15) is 25.0 Å². The summed E-state index contributed by atoms with van der Waals surface area (Å²) in [5, 5.41) is 8.80. The summed E-state index contributed by atoms with van der Waals surface area (Å²) in [5.41, 5.74) is 3.57. The van der Waals surface area contributed by atoms with Crippen molar-refractivity contribution >= 4 is 23.2 Å². The van der Waals surface area contributed by atoms with Gasteiger partial charge in [-0.1, -0.05) is 18.2 Å². The number of ether oxygens (including phenoxy) is 1. The topological polar surface area (TPSA) is 118 Å². The molecule has 0 spiro atoms. The number of hydrogen-bond acceptors (Lipinski definition) is 7. The zero-order valence-corrected chi connectivity index (χ0v) is 20.9. The molecule has 37 heavy (non-hydrogen) atoms. The van der Waals surface area contributed by atoms with Gasteiger partial charge in [0.25, 0.3) is 0 Å². The van der Waals surface area contributed by atoms with Gasteiger partial charge >= 0.3 is 11.8 Å². The lowest BCUT2D eigenvalue weighted by Gasteiger charge is -2.26. The molecule has 9 heteroatoms. The van der Waals surface area contributed by atoms with E-state index in [9.17, 15) is 9.59 Å². The molecule has 0 atom stereocenters. The lowest BCUT2D eigenvalue weighted by atomic mass is 9.94. The van der Waals surface area contributed by atoms with Crippen molar-refractivity contribution in [3.63, 3.8) is 0 Å². The molecule has 0 aliphatic rings. The van der Waals surface area contributed by atoms with Gasteiger partial charge in [0.15, 0.2) is 12.2 Å². The molecule has 9 nitrogen and oxygen atoms in total. The van der Waals surface area contributed by atoms with Crippen molar-refractivity contribution in [2.45, 2.75) is 32.4 Å². The molecular formula is C28H29N5O4. The lowest BCUT2D eigenvalue weighted by molar-refractivity contribution is -0.137. The normalized spacial score (nSPS) is 11.0. The maximum absolute atomic E-state index is 12.6. The number of carbonyl (C=O) groups is 2. The minimum Gasteiger partial charge on any atom is -0.496 e. The van der Waals surface area contributed by atoms with E-state index in [0.29, 0.717) is 35.7 Å². The zero-order valence-electron chi connectivity index (χ0n) is 20.9. The molecule has 0 unspecified atom stereocenters. The van der Waals surface area contributed by atoms with E-state index >= 15 is 0 Å². The van der Waals surface area contributed by atoms with E-state index in [2.05, 4.69) is 25.9 Å². The van der Waals surface area contributed by atoms with Crippen LogP contribution in [0, 0.1) is 0 Å². The Morgan fingerprint density at radius 2 is 1.73 bits per heavy atom. The molecule has 3 N–H and O–H groups in total. The van der Waals surface area contributed by atoms with E-state index in [0.717, 1.165) is 16.8 Å². The molecule has 0 fully saturated rings. The molecule has 0 radical (unpaired) electrons. The standard InChI is InChI=1S/C28H29N5O4/c1-28(2,14-19-6-8-21(9-7-19)31-16-20-5-4-12-29-15-20)33-27(35)26(34)32-22-10-11-23(24(13-22)36-3)25-17-30-18-37-25/h4-13,15,17-18,31H,14,16H2,1-3H3,(H,32,34)(H,33,35). The van der Waals surface area contributed by atoms with Gasteiger partial charge in [-0.15, -0.1) is 0 Å². The third kappa shape index (κ3) is 6.94. The zero-order chi connectivity index (χ0) is 26.3. The van der Waals surface area contributed by atoms with E-state index < -0.39 is 17.4 Å². The summed E-state index contributed by atoms with van der Waals surface area (Å²) < 4.78 is 10.7. The number of nitrogens with zero attached hydrogens (tertiary/aromatic N) is 2. The van der Waals surface area contributed by atoms with E-state index in [-0.39, 0.29) is 0 Å². The number of pyridine rings is 1. The molecule has 0 saturated heterocycles. The molecule has 4 aromatic rings. The molecule has 2 aromatic heterocycles. The van der Waals surface area contributed by atoms with Gasteiger partial charge in [-0.3, -0.25) is 14.6 Å². The van der Waals surface area contributed by atoms with E-state index in [1.54, 1.807) is 30.6 Å². The van der Waals surface area contributed by atoms with E-state index in [4.69, 9.17) is 9.15 Å². The number of benzene rings is 2. The van der Waals surface area contributed by atoms with Crippen molar-refractivity contribution < 1.29 is 18.7 Å². The summed E-state index contributed by atoms with van der Waals surface area (Å²) >= 11 is 0. The number of amides is 2. The number of aromatic nitrogens is 2. The Balaban J connectivity index is 1.31. The average molecular weight is 500 g/mol. The van der Waals surface area contributed by atoms with Crippen LogP contribution < -0.4 is 20.7 Å². The number of anilines is 2. The molecule has 2 aromatic carbocycles. The van der Waals surface area contributed by atoms with Crippen LogP contribution in [-0.4, -0.2) is 34.4 Å². The van der Waals surface area contributed by atoms with Gasteiger partial charge in [0.1, 0.15) is 5.75 Å². The summed E-state index contributed by atoms with van der Waals surface area (Å²) in [6, 6.07) is 16.9. The molecule has 0 bridgehead atoms. The fourth-order valence-corrected chi connectivity index (χ4v) is 3.88. The van der Waals surface area contributed by atoms with E-state index in [1.165, 1.54) is 13.5 Å². The maximum atomic E-state index is 12.6. The Labute approximate surface area is 215 Å². The van der Waals surface area contributed by atoms with Gasteiger partial charge in [0.2, 0.25) is 0 Å². The van der Waals surface area contributed by atoms with Crippen LogP contribution in [-0.2, 0) is 22.6 Å². The van der Waals surface area contributed by atoms with Crippen molar-refractivity contribution in [1.29, 1.82) is 0 Å². The maximum Gasteiger partial charge on any atom is 0.313 e. The molecule has 0 aliphatic heterocycles. The Morgan fingerprint density at radius 1 is 0.946 bits per heavy atom.